The number of carbonyl (C=O) groups is 1. The van der Waals surface area contributed by atoms with Crippen LogP contribution in [-0.2, 0) is 7.05 Å². The zero-order chi connectivity index (χ0) is 22.8. The molecule has 0 unspecified atom stereocenters. The normalized spacial score (nSPS) is 17.8. The molecule has 0 saturated carbocycles. The molecule has 2 aliphatic heterocycles. The Balaban J connectivity index is 1.40. The van der Waals surface area contributed by atoms with Crippen molar-refractivity contribution in [3.63, 3.8) is 0 Å². The van der Waals surface area contributed by atoms with E-state index in [4.69, 9.17) is 4.98 Å². The number of anilines is 1. The highest BCUT2D eigenvalue weighted by atomic mass is 16.2. The number of hydrogen-bond acceptors (Lipinski definition) is 4. The molecule has 33 heavy (non-hydrogen) atoms. The summed E-state index contributed by atoms with van der Waals surface area (Å²) in [6.07, 6.45) is 7.50. The van der Waals surface area contributed by atoms with Crippen LogP contribution in [0.4, 0.5) is 10.6 Å². The highest BCUT2D eigenvalue weighted by Crippen LogP contribution is 2.33. The third kappa shape index (κ3) is 4.19. The lowest BCUT2D eigenvalue weighted by molar-refractivity contribution is 0.183. The number of likely N-dealkylation sites (tertiary alicyclic amines) is 1. The number of fused-ring (bicyclic) bond motifs is 1. The summed E-state index contributed by atoms with van der Waals surface area (Å²) in [5, 5.41) is 13.7. The van der Waals surface area contributed by atoms with Gasteiger partial charge in [-0.2, -0.15) is 5.26 Å². The Morgan fingerprint density at radius 2 is 1.94 bits per heavy atom. The molecule has 0 bridgehead atoms. The second kappa shape index (κ2) is 9.24. The van der Waals surface area contributed by atoms with Gasteiger partial charge in [-0.15, -0.1) is 0 Å². The number of nitrogens with zero attached hydrogens (tertiary/aromatic N) is 5. The molecular weight excluding hydrogens is 412 g/mol. The first-order valence-electron chi connectivity index (χ1n) is 11.8. The van der Waals surface area contributed by atoms with Crippen molar-refractivity contribution in [2.45, 2.75) is 37.6 Å². The van der Waals surface area contributed by atoms with Gasteiger partial charge in [0.2, 0.25) is 0 Å². The minimum absolute atomic E-state index is 0.0623. The fourth-order valence-corrected chi connectivity index (χ4v) is 5.30. The van der Waals surface area contributed by atoms with Gasteiger partial charge >= 0.3 is 6.03 Å². The predicted molar refractivity (Wildman–Crippen MR) is 129 cm³/mol. The van der Waals surface area contributed by atoms with Crippen LogP contribution in [0.5, 0.6) is 0 Å². The summed E-state index contributed by atoms with van der Waals surface area (Å²) in [5.41, 5.74) is 2.91. The minimum atomic E-state index is 0.0623. The molecule has 1 aromatic carbocycles. The average molecular weight is 443 g/mol. The molecule has 7 nitrogen and oxygen atoms in total. The van der Waals surface area contributed by atoms with Crippen molar-refractivity contribution in [2.75, 3.05) is 31.1 Å². The Bertz CT molecular complexity index is 1180. The number of urea groups is 1. The van der Waals surface area contributed by atoms with E-state index in [-0.39, 0.29) is 12.1 Å². The maximum atomic E-state index is 14.0. The van der Waals surface area contributed by atoms with Crippen molar-refractivity contribution < 1.29 is 4.79 Å². The molecule has 2 fully saturated rings. The first-order valence-corrected chi connectivity index (χ1v) is 11.8. The van der Waals surface area contributed by atoms with Gasteiger partial charge < -0.3 is 14.8 Å². The lowest BCUT2D eigenvalue weighted by Crippen LogP contribution is -2.53. The predicted octanol–water partition coefficient (Wildman–Crippen LogP) is 4.00. The number of hydrogen-bond donors (Lipinski definition) is 1. The van der Waals surface area contributed by atoms with Crippen molar-refractivity contribution in [1.29, 1.82) is 5.26 Å². The van der Waals surface area contributed by atoms with E-state index in [0.29, 0.717) is 24.6 Å². The molecule has 7 heteroatoms. The Hall–Kier alpha value is -3.37. The van der Waals surface area contributed by atoms with Gasteiger partial charge in [-0.05, 0) is 74.5 Å². The summed E-state index contributed by atoms with van der Waals surface area (Å²) >= 11 is 0. The fourth-order valence-electron chi connectivity index (χ4n) is 5.30. The van der Waals surface area contributed by atoms with Crippen LogP contribution in [0.1, 0.15) is 42.7 Å². The van der Waals surface area contributed by atoms with E-state index in [1.54, 1.807) is 0 Å². The van der Waals surface area contributed by atoms with Gasteiger partial charge in [-0.25, -0.2) is 9.78 Å². The van der Waals surface area contributed by atoms with Crippen molar-refractivity contribution in [1.82, 2.24) is 19.8 Å². The van der Waals surface area contributed by atoms with Crippen molar-refractivity contribution in [3.8, 4) is 6.07 Å². The Labute approximate surface area is 194 Å². The van der Waals surface area contributed by atoms with E-state index in [1.807, 2.05) is 53.5 Å². The van der Waals surface area contributed by atoms with Crippen LogP contribution < -0.4 is 10.2 Å². The van der Waals surface area contributed by atoms with Crippen molar-refractivity contribution >= 4 is 22.8 Å². The number of aryl methyl sites for hydroxylation is 1. The fraction of sp³-hybridized carbons (Fsp3) is 0.423. The van der Waals surface area contributed by atoms with Gasteiger partial charge in [0.05, 0.1) is 17.1 Å². The van der Waals surface area contributed by atoms with Crippen molar-refractivity contribution in [3.05, 3.63) is 59.9 Å². The smallest absolute Gasteiger partial charge is 0.325 e. The van der Waals surface area contributed by atoms with E-state index in [2.05, 4.69) is 28.1 Å². The summed E-state index contributed by atoms with van der Waals surface area (Å²) in [6.45, 7) is 3.25. The van der Waals surface area contributed by atoms with Crippen LogP contribution in [-0.4, -0.2) is 52.7 Å². The molecule has 1 N–H and O–H groups in total. The van der Waals surface area contributed by atoms with Crippen LogP contribution in [0.15, 0.2) is 48.8 Å². The number of carbonyl (C=O) groups excluding carboxylic acids is 1. The highest BCUT2D eigenvalue weighted by molar-refractivity contribution is 6.00. The summed E-state index contributed by atoms with van der Waals surface area (Å²) in [6, 6.07) is 14.4. The van der Waals surface area contributed by atoms with Gasteiger partial charge in [0.15, 0.2) is 5.82 Å². The minimum Gasteiger partial charge on any atom is -0.348 e. The lowest BCUT2D eigenvalue weighted by atomic mass is 9.89. The molecule has 0 atom stereocenters. The van der Waals surface area contributed by atoms with Crippen LogP contribution in [0, 0.1) is 11.3 Å². The van der Waals surface area contributed by atoms with Gasteiger partial charge in [-0.3, -0.25) is 4.90 Å². The summed E-state index contributed by atoms with van der Waals surface area (Å²) in [7, 11) is 2.01. The molecule has 0 spiro atoms. The average Bonchev–Trinajstić information content (AvgIpc) is 3.26. The van der Waals surface area contributed by atoms with E-state index in [0.717, 1.165) is 55.5 Å². The Kier molecular flexibility index (Phi) is 6.01. The SMILES string of the molecule is Cn1ccc2ccnc(N(C(=O)N3CCC(c4cccc(C#N)c4)CC3)C3CCNCC3)c21. The maximum Gasteiger partial charge on any atom is 0.325 e. The Morgan fingerprint density at radius 1 is 1.15 bits per heavy atom. The summed E-state index contributed by atoms with van der Waals surface area (Å²) < 4.78 is 2.06. The molecule has 5 rings (SSSR count). The monoisotopic (exact) mass is 442 g/mol. The molecule has 170 valence electrons. The van der Waals surface area contributed by atoms with Gasteiger partial charge in [0.25, 0.3) is 0 Å². The van der Waals surface area contributed by atoms with Gasteiger partial charge in [0, 0.05) is 44.0 Å². The topological polar surface area (TPSA) is 77.2 Å². The zero-order valence-corrected chi connectivity index (χ0v) is 19.1. The van der Waals surface area contributed by atoms with Crippen LogP contribution >= 0.6 is 0 Å². The third-order valence-corrected chi connectivity index (χ3v) is 7.13. The number of amides is 2. The number of piperidine rings is 2. The number of benzene rings is 1. The summed E-state index contributed by atoms with van der Waals surface area (Å²) in [5.74, 6) is 1.14. The lowest BCUT2D eigenvalue weighted by Gasteiger charge is -2.40. The highest BCUT2D eigenvalue weighted by Gasteiger charge is 2.34. The van der Waals surface area contributed by atoms with Crippen molar-refractivity contribution in [2.24, 2.45) is 7.05 Å². The van der Waals surface area contributed by atoms with Crippen LogP contribution in [0.3, 0.4) is 0 Å². The maximum absolute atomic E-state index is 14.0. The zero-order valence-electron chi connectivity index (χ0n) is 19.1. The first-order chi connectivity index (χ1) is 16.2. The molecule has 0 radical (unpaired) electrons. The molecule has 0 aliphatic carbocycles. The number of aromatic nitrogens is 2. The molecule has 4 heterocycles. The van der Waals surface area contributed by atoms with E-state index in [1.165, 1.54) is 5.56 Å². The van der Waals surface area contributed by atoms with Gasteiger partial charge in [-0.1, -0.05) is 12.1 Å². The molecule has 3 aromatic rings. The number of nitrogens with one attached hydrogen (secondary N) is 1. The molecule has 2 aromatic heterocycles. The number of nitriles is 1. The second-order valence-corrected chi connectivity index (χ2v) is 9.13. The van der Waals surface area contributed by atoms with E-state index >= 15 is 0 Å². The molecule has 2 amide bonds. The standard InChI is InChI=1S/C26H30N6O/c1-30-14-8-21-5-13-29-25(24(21)30)32(23-6-11-28-12-7-23)26(33)31-15-9-20(10-16-31)22-4-2-3-19(17-22)18-27/h2-5,8,13-14,17,20,23,28H,6-7,9-12,15-16H2,1H3. The first kappa shape index (κ1) is 21.5. The molecule has 2 aliphatic rings. The van der Waals surface area contributed by atoms with E-state index < -0.39 is 0 Å². The molecular formula is C26H30N6O. The molecule has 2 saturated heterocycles. The number of rotatable bonds is 3. The van der Waals surface area contributed by atoms with Crippen LogP contribution in [0.25, 0.3) is 10.9 Å². The van der Waals surface area contributed by atoms with E-state index in [9.17, 15) is 10.1 Å². The van der Waals surface area contributed by atoms with Crippen LogP contribution in [0.2, 0.25) is 0 Å². The second-order valence-electron chi connectivity index (χ2n) is 9.13. The quantitative estimate of drug-likeness (QED) is 0.665. The Morgan fingerprint density at radius 3 is 2.70 bits per heavy atom. The number of pyridine rings is 1. The summed E-state index contributed by atoms with van der Waals surface area (Å²) in [4.78, 5) is 22.6. The third-order valence-electron chi connectivity index (χ3n) is 7.13. The largest absolute Gasteiger partial charge is 0.348 e. The van der Waals surface area contributed by atoms with Gasteiger partial charge in [0.1, 0.15) is 0 Å².